The number of ketones is 1. The summed E-state index contributed by atoms with van der Waals surface area (Å²) in [6, 6.07) is 15.4. The van der Waals surface area contributed by atoms with Crippen LogP contribution in [0.1, 0.15) is 15.9 Å². The van der Waals surface area contributed by atoms with Crippen molar-refractivity contribution in [2.45, 2.75) is 0 Å². The zero-order valence-electron chi connectivity index (χ0n) is 9.44. The van der Waals surface area contributed by atoms with Crippen molar-refractivity contribution in [3.8, 4) is 0 Å². The Hall–Kier alpha value is -0.940. The highest BCUT2D eigenvalue weighted by Crippen LogP contribution is 2.13. The van der Waals surface area contributed by atoms with Gasteiger partial charge in [0.05, 0.1) is 0 Å². The highest BCUT2D eigenvalue weighted by Gasteiger charge is 2.00. The molecule has 0 fully saturated rings. The van der Waals surface area contributed by atoms with Gasteiger partial charge in [0.15, 0.2) is 5.78 Å². The Morgan fingerprint density at radius 3 is 2.50 bits per heavy atom. The summed E-state index contributed by atoms with van der Waals surface area (Å²) < 4.78 is 2.13. The quantitative estimate of drug-likeness (QED) is 0.396. The number of carbonyl (C=O) groups excluding carboxylic acids is 1. The van der Waals surface area contributed by atoms with Gasteiger partial charge in [-0.25, -0.2) is 0 Å². The first kappa shape index (κ1) is 13.5. The van der Waals surface area contributed by atoms with Crippen LogP contribution in [0.25, 0.3) is 6.08 Å². The van der Waals surface area contributed by atoms with Crippen LogP contribution >= 0.6 is 38.5 Å². The number of halogens is 2. The first-order chi connectivity index (χ1) is 8.65. The fourth-order valence-corrected chi connectivity index (χ4v) is 2.27. The van der Waals surface area contributed by atoms with Crippen molar-refractivity contribution >= 4 is 50.4 Å². The molecule has 0 saturated carbocycles. The minimum Gasteiger partial charge on any atom is -0.289 e. The van der Waals surface area contributed by atoms with Crippen LogP contribution in [0.3, 0.4) is 0 Å². The molecule has 0 unspecified atom stereocenters. The Kier molecular flexibility index (Phi) is 4.72. The predicted octanol–water partition coefficient (Wildman–Crippen LogP) is 4.95. The van der Waals surface area contributed by atoms with Gasteiger partial charge in [-0.2, -0.15) is 0 Å². The Bertz CT molecular complexity index is 588. The molecule has 2 rings (SSSR count). The lowest BCUT2D eigenvalue weighted by molar-refractivity contribution is 0.104. The van der Waals surface area contributed by atoms with Gasteiger partial charge < -0.3 is 0 Å². The molecule has 0 amide bonds. The third-order valence-electron chi connectivity index (χ3n) is 2.40. The van der Waals surface area contributed by atoms with E-state index in [2.05, 4.69) is 38.5 Å². The first-order valence-corrected chi connectivity index (χ1v) is 7.26. The average Bonchev–Trinajstić information content (AvgIpc) is 2.37. The molecule has 0 aliphatic carbocycles. The maximum absolute atomic E-state index is 11.9. The van der Waals surface area contributed by atoms with Crippen molar-refractivity contribution in [2.24, 2.45) is 0 Å². The van der Waals surface area contributed by atoms with Gasteiger partial charge in [0.2, 0.25) is 0 Å². The standard InChI is InChI=1S/C15H10BrIO/c16-13-3-1-2-11(10-13)4-9-15(18)12-5-7-14(17)8-6-12/h1-10H/b9-4+. The highest BCUT2D eigenvalue weighted by molar-refractivity contribution is 14.1. The van der Waals surface area contributed by atoms with Gasteiger partial charge in [0.1, 0.15) is 0 Å². The molecular formula is C15H10BrIO. The molecular weight excluding hydrogens is 403 g/mol. The Morgan fingerprint density at radius 2 is 1.83 bits per heavy atom. The smallest absolute Gasteiger partial charge is 0.185 e. The van der Waals surface area contributed by atoms with E-state index in [9.17, 15) is 4.79 Å². The number of hydrogen-bond donors (Lipinski definition) is 0. The van der Waals surface area contributed by atoms with Crippen molar-refractivity contribution in [2.75, 3.05) is 0 Å². The summed E-state index contributed by atoms with van der Waals surface area (Å²) in [6.07, 6.45) is 3.43. The molecule has 90 valence electrons. The molecule has 0 heterocycles. The van der Waals surface area contributed by atoms with Gasteiger partial charge in [-0.3, -0.25) is 4.79 Å². The van der Waals surface area contributed by atoms with E-state index in [1.54, 1.807) is 6.08 Å². The Morgan fingerprint density at radius 1 is 1.11 bits per heavy atom. The van der Waals surface area contributed by atoms with Crippen LogP contribution in [0.2, 0.25) is 0 Å². The summed E-state index contributed by atoms with van der Waals surface area (Å²) in [4.78, 5) is 11.9. The molecule has 0 radical (unpaired) electrons. The van der Waals surface area contributed by atoms with E-state index in [4.69, 9.17) is 0 Å². The van der Waals surface area contributed by atoms with Gasteiger partial charge in [-0.15, -0.1) is 0 Å². The molecule has 0 aliphatic rings. The van der Waals surface area contributed by atoms with Crippen molar-refractivity contribution in [1.82, 2.24) is 0 Å². The van der Waals surface area contributed by atoms with Gasteiger partial charge >= 0.3 is 0 Å². The normalized spacial score (nSPS) is 10.8. The zero-order valence-corrected chi connectivity index (χ0v) is 13.2. The minimum absolute atomic E-state index is 0.0198. The molecule has 1 nitrogen and oxygen atoms in total. The molecule has 2 aromatic carbocycles. The van der Waals surface area contributed by atoms with E-state index >= 15 is 0 Å². The first-order valence-electron chi connectivity index (χ1n) is 5.39. The van der Waals surface area contributed by atoms with Crippen molar-refractivity contribution in [3.63, 3.8) is 0 Å². The zero-order chi connectivity index (χ0) is 13.0. The molecule has 0 N–H and O–H groups in total. The number of hydrogen-bond acceptors (Lipinski definition) is 1. The van der Waals surface area contributed by atoms with E-state index in [0.717, 1.165) is 13.6 Å². The molecule has 0 saturated heterocycles. The monoisotopic (exact) mass is 412 g/mol. The van der Waals surface area contributed by atoms with Gasteiger partial charge in [-0.05, 0) is 58.5 Å². The van der Waals surface area contributed by atoms with Crippen molar-refractivity contribution in [3.05, 3.63) is 73.8 Å². The summed E-state index contributed by atoms with van der Waals surface area (Å²) >= 11 is 5.62. The summed E-state index contributed by atoms with van der Waals surface area (Å²) in [7, 11) is 0. The summed E-state index contributed by atoms with van der Waals surface area (Å²) in [6.45, 7) is 0. The maximum Gasteiger partial charge on any atom is 0.185 e. The topological polar surface area (TPSA) is 17.1 Å². The number of benzene rings is 2. The lowest BCUT2D eigenvalue weighted by Crippen LogP contribution is -1.93. The van der Waals surface area contributed by atoms with Crippen molar-refractivity contribution < 1.29 is 4.79 Å². The van der Waals surface area contributed by atoms with Crippen LogP contribution in [0, 0.1) is 3.57 Å². The maximum atomic E-state index is 11.9. The second-order valence-corrected chi connectivity index (χ2v) is 5.92. The number of allylic oxidation sites excluding steroid dienone is 1. The Balaban J connectivity index is 2.14. The van der Waals surface area contributed by atoms with Crippen LogP contribution in [-0.2, 0) is 0 Å². The molecule has 3 heteroatoms. The third kappa shape index (κ3) is 3.78. The SMILES string of the molecule is O=C(/C=C/c1cccc(Br)c1)c1ccc(I)cc1. The van der Waals surface area contributed by atoms with Crippen LogP contribution < -0.4 is 0 Å². The lowest BCUT2D eigenvalue weighted by atomic mass is 10.1. The third-order valence-corrected chi connectivity index (χ3v) is 3.62. The molecule has 0 bridgehead atoms. The lowest BCUT2D eigenvalue weighted by Gasteiger charge is -1.97. The molecule has 0 aliphatic heterocycles. The number of rotatable bonds is 3. The second-order valence-electron chi connectivity index (χ2n) is 3.76. The molecule has 0 aromatic heterocycles. The fraction of sp³-hybridized carbons (Fsp3) is 0. The largest absolute Gasteiger partial charge is 0.289 e. The van der Waals surface area contributed by atoms with E-state index in [0.29, 0.717) is 5.56 Å². The second kappa shape index (κ2) is 6.29. The fourth-order valence-electron chi connectivity index (χ4n) is 1.49. The summed E-state index contributed by atoms with van der Waals surface area (Å²) in [5.74, 6) is 0.0198. The van der Waals surface area contributed by atoms with Gasteiger partial charge in [-0.1, -0.05) is 46.3 Å². The van der Waals surface area contributed by atoms with E-state index in [1.165, 1.54) is 0 Å². The van der Waals surface area contributed by atoms with Crippen LogP contribution in [0.15, 0.2) is 59.1 Å². The van der Waals surface area contributed by atoms with Crippen LogP contribution in [0.4, 0.5) is 0 Å². The van der Waals surface area contributed by atoms with E-state index in [-0.39, 0.29) is 5.78 Å². The summed E-state index contributed by atoms with van der Waals surface area (Å²) in [5, 5.41) is 0. The summed E-state index contributed by atoms with van der Waals surface area (Å²) in [5.41, 5.74) is 1.71. The average molecular weight is 413 g/mol. The molecule has 0 atom stereocenters. The van der Waals surface area contributed by atoms with Crippen molar-refractivity contribution in [1.29, 1.82) is 0 Å². The van der Waals surface area contributed by atoms with Crippen LogP contribution in [0.5, 0.6) is 0 Å². The minimum atomic E-state index is 0.0198. The molecule has 18 heavy (non-hydrogen) atoms. The van der Waals surface area contributed by atoms with Gasteiger partial charge in [0, 0.05) is 13.6 Å². The van der Waals surface area contributed by atoms with E-state index in [1.807, 2.05) is 54.6 Å². The predicted molar refractivity (Wildman–Crippen MR) is 86.7 cm³/mol. The van der Waals surface area contributed by atoms with Crippen LogP contribution in [-0.4, -0.2) is 5.78 Å². The van der Waals surface area contributed by atoms with E-state index < -0.39 is 0 Å². The van der Waals surface area contributed by atoms with Gasteiger partial charge in [0.25, 0.3) is 0 Å². The highest BCUT2D eigenvalue weighted by atomic mass is 127. The number of carbonyl (C=O) groups is 1. The molecule has 2 aromatic rings. The Labute approximate surface area is 128 Å². The molecule has 0 spiro atoms.